The Morgan fingerprint density at radius 3 is 2.40 bits per heavy atom. The lowest BCUT2D eigenvalue weighted by molar-refractivity contribution is -0.112. The summed E-state index contributed by atoms with van der Waals surface area (Å²) in [6.07, 6.45) is 1.42. The van der Waals surface area contributed by atoms with Gasteiger partial charge in [-0.2, -0.15) is 5.26 Å². The number of amides is 1. The van der Waals surface area contributed by atoms with Crippen LogP contribution in [0, 0.1) is 11.3 Å². The molecule has 0 saturated heterocycles. The predicted molar refractivity (Wildman–Crippen MR) is 139 cm³/mol. The smallest absolute Gasteiger partial charge is 0.266 e. The Kier molecular flexibility index (Phi) is 9.27. The van der Waals surface area contributed by atoms with Crippen LogP contribution in [-0.4, -0.2) is 19.6 Å². The monoisotopic (exact) mass is 530 g/mol. The van der Waals surface area contributed by atoms with Crippen LogP contribution < -0.4 is 19.5 Å². The van der Waals surface area contributed by atoms with Crippen molar-refractivity contribution in [1.82, 2.24) is 0 Å². The minimum absolute atomic E-state index is 0.106. The number of rotatable bonds is 9. The number of nitriles is 1. The van der Waals surface area contributed by atoms with E-state index in [4.69, 9.17) is 49.0 Å². The lowest BCUT2D eigenvalue weighted by Gasteiger charge is -2.12. The zero-order chi connectivity index (χ0) is 25.4. The van der Waals surface area contributed by atoms with Crippen LogP contribution in [0.15, 0.2) is 60.2 Å². The van der Waals surface area contributed by atoms with Crippen LogP contribution in [0.4, 0.5) is 5.69 Å². The normalized spacial score (nSPS) is 10.9. The highest BCUT2D eigenvalue weighted by Gasteiger charge is 2.14. The summed E-state index contributed by atoms with van der Waals surface area (Å²) >= 11 is 18.4. The van der Waals surface area contributed by atoms with Gasteiger partial charge in [0.15, 0.2) is 11.5 Å². The molecular formula is C26H21Cl3N2O4. The number of methoxy groups -OCH3 is 1. The van der Waals surface area contributed by atoms with Crippen molar-refractivity contribution in [2.75, 3.05) is 19.0 Å². The predicted octanol–water partition coefficient (Wildman–Crippen LogP) is 7.18. The Labute approximate surface area is 218 Å². The molecule has 0 aliphatic rings. The number of halogens is 3. The second-order valence-corrected chi connectivity index (χ2v) is 8.39. The van der Waals surface area contributed by atoms with Crippen LogP contribution in [0.2, 0.25) is 15.1 Å². The van der Waals surface area contributed by atoms with E-state index in [9.17, 15) is 10.1 Å². The van der Waals surface area contributed by atoms with E-state index in [1.54, 1.807) is 54.6 Å². The van der Waals surface area contributed by atoms with Crippen molar-refractivity contribution in [2.24, 2.45) is 0 Å². The highest BCUT2D eigenvalue weighted by Crippen LogP contribution is 2.37. The first kappa shape index (κ1) is 26.2. The molecule has 1 N–H and O–H groups in total. The minimum atomic E-state index is -0.571. The summed E-state index contributed by atoms with van der Waals surface area (Å²) < 4.78 is 16.5. The van der Waals surface area contributed by atoms with Crippen molar-refractivity contribution >= 4 is 52.5 Å². The van der Waals surface area contributed by atoms with Crippen LogP contribution in [0.3, 0.4) is 0 Å². The molecule has 0 aliphatic carbocycles. The fourth-order valence-electron chi connectivity index (χ4n) is 3.06. The molecule has 180 valence electrons. The van der Waals surface area contributed by atoms with Gasteiger partial charge in [-0.05, 0) is 67.1 Å². The number of anilines is 1. The van der Waals surface area contributed by atoms with Crippen LogP contribution >= 0.6 is 34.8 Å². The molecule has 9 heteroatoms. The van der Waals surface area contributed by atoms with E-state index in [0.29, 0.717) is 50.2 Å². The largest absolute Gasteiger partial charge is 0.493 e. The van der Waals surface area contributed by atoms with Crippen LogP contribution in [-0.2, 0) is 11.4 Å². The molecule has 0 saturated carbocycles. The molecule has 0 heterocycles. The van der Waals surface area contributed by atoms with Gasteiger partial charge in [0.25, 0.3) is 5.91 Å². The molecule has 0 spiro atoms. The Morgan fingerprint density at radius 2 is 1.77 bits per heavy atom. The van der Waals surface area contributed by atoms with Gasteiger partial charge in [-0.1, -0.05) is 40.9 Å². The van der Waals surface area contributed by atoms with Crippen LogP contribution in [0.1, 0.15) is 18.1 Å². The first-order valence-corrected chi connectivity index (χ1v) is 11.6. The summed E-state index contributed by atoms with van der Waals surface area (Å²) in [5, 5.41) is 13.6. The van der Waals surface area contributed by atoms with Crippen molar-refractivity contribution in [3.63, 3.8) is 0 Å². The first-order chi connectivity index (χ1) is 16.8. The molecule has 0 atom stereocenters. The van der Waals surface area contributed by atoms with Gasteiger partial charge >= 0.3 is 0 Å². The molecule has 0 fully saturated rings. The maximum atomic E-state index is 12.7. The lowest BCUT2D eigenvalue weighted by Crippen LogP contribution is -2.13. The summed E-state index contributed by atoms with van der Waals surface area (Å²) in [6, 6.07) is 17.1. The molecule has 0 radical (unpaired) electrons. The van der Waals surface area contributed by atoms with Gasteiger partial charge in [0.2, 0.25) is 0 Å². The van der Waals surface area contributed by atoms with E-state index in [1.807, 2.05) is 13.0 Å². The van der Waals surface area contributed by atoms with Crippen molar-refractivity contribution in [3.8, 4) is 23.3 Å². The molecule has 3 aromatic carbocycles. The molecule has 0 aliphatic heterocycles. The highest BCUT2D eigenvalue weighted by molar-refractivity contribution is 6.35. The number of benzene rings is 3. The Morgan fingerprint density at radius 1 is 1.03 bits per heavy atom. The number of hydrogen-bond acceptors (Lipinski definition) is 5. The average Bonchev–Trinajstić information content (AvgIpc) is 2.84. The topological polar surface area (TPSA) is 80.6 Å². The summed E-state index contributed by atoms with van der Waals surface area (Å²) in [5.41, 5.74) is 1.70. The quantitative estimate of drug-likeness (QED) is 0.234. The molecular weight excluding hydrogens is 511 g/mol. The minimum Gasteiger partial charge on any atom is -0.493 e. The third-order valence-electron chi connectivity index (χ3n) is 4.74. The van der Waals surface area contributed by atoms with Crippen molar-refractivity contribution < 1.29 is 19.0 Å². The Balaban J connectivity index is 1.68. The van der Waals surface area contributed by atoms with E-state index < -0.39 is 5.91 Å². The zero-order valence-corrected chi connectivity index (χ0v) is 21.2. The highest BCUT2D eigenvalue weighted by atomic mass is 35.5. The number of nitrogens with one attached hydrogen (secondary N) is 1. The maximum absolute atomic E-state index is 12.7. The number of carbonyl (C=O) groups excluding carboxylic acids is 1. The van der Waals surface area contributed by atoms with Crippen molar-refractivity contribution in [2.45, 2.75) is 13.5 Å². The van der Waals surface area contributed by atoms with E-state index in [0.717, 1.165) is 5.56 Å². The summed E-state index contributed by atoms with van der Waals surface area (Å²) in [6.45, 7) is 2.50. The Bertz CT molecular complexity index is 1280. The maximum Gasteiger partial charge on any atom is 0.266 e. The summed E-state index contributed by atoms with van der Waals surface area (Å²) in [4.78, 5) is 12.7. The second kappa shape index (κ2) is 12.4. The van der Waals surface area contributed by atoms with Gasteiger partial charge in [-0.25, -0.2) is 0 Å². The standard InChI is InChI=1S/C26H21Cl3N2O4/c1-3-34-25-23(29)11-16(12-24(25)33-2)10-18(14-30)26(32)31-20-6-8-21(9-7-20)35-15-17-4-5-19(27)13-22(17)28/h4-13H,3,15H2,1-2H3,(H,31,32)/b18-10+. The number of ether oxygens (including phenoxy) is 3. The zero-order valence-electron chi connectivity index (χ0n) is 18.9. The lowest BCUT2D eigenvalue weighted by atomic mass is 10.1. The van der Waals surface area contributed by atoms with Gasteiger partial charge in [-0.15, -0.1) is 0 Å². The molecule has 3 rings (SSSR count). The Hall–Kier alpha value is -3.37. The average molecular weight is 532 g/mol. The van der Waals surface area contributed by atoms with Gasteiger partial charge in [0, 0.05) is 21.3 Å². The molecule has 1 amide bonds. The van der Waals surface area contributed by atoms with Gasteiger partial charge in [0.1, 0.15) is 24.0 Å². The third kappa shape index (κ3) is 7.06. The fraction of sp³-hybridized carbons (Fsp3) is 0.154. The van der Waals surface area contributed by atoms with Crippen LogP contribution in [0.25, 0.3) is 6.08 Å². The van der Waals surface area contributed by atoms with Crippen LogP contribution in [0.5, 0.6) is 17.2 Å². The third-order valence-corrected chi connectivity index (χ3v) is 5.61. The van der Waals surface area contributed by atoms with E-state index in [-0.39, 0.29) is 12.2 Å². The van der Waals surface area contributed by atoms with Crippen molar-refractivity contribution in [1.29, 1.82) is 5.26 Å². The van der Waals surface area contributed by atoms with Gasteiger partial charge in [-0.3, -0.25) is 4.79 Å². The molecule has 0 aromatic heterocycles. The number of carbonyl (C=O) groups is 1. The molecule has 6 nitrogen and oxygen atoms in total. The molecule has 35 heavy (non-hydrogen) atoms. The van der Waals surface area contributed by atoms with Crippen molar-refractivity contribution in [3.05, 3.63) is 86.4 Å². The summed E-state index contributed by atoms with van der Waals surface area (Å²) in [7, 11) is 1.48. The first-order valence-electron chi connectivity index (χ1n) is 10.4. The van der Waals surface area contributed by atoms with E-state index in [1.165, 1.54) is 13.2 Å². The van der Waals surface area contributed by atoms with Gasteiger partial charge in [0.05, 0.1) is 18.7 Å². The second-order valence-electron chi connectivity index (χ2n) is 7.14. The van der Waals surface area contributed by atoms with E-state index >= 15 is 0 Å². The fourth-order valence-corrected chi connectivity index (χ4v) is 3.79. The molecule has 3 aromatic rings. The molecule has 0 unspecified atom stereocenters. The van der Waals surface area contributed by atoms with E-state index in [2.05, 4.69) is 5.32 Å². The van der Waals surface area contributed by atoms with Gasteiger partial charge < -0.3 is 19.5 Å². The summed E-state index contributed by atoms with van der Waals surface area (Å²) in [5.74, 6) is 0.815. The SMILES string of the molecule is CCOc1c(Cl)cc(/C=C(\C#N)C(=O)Nc2ccc(OCc3ccc(Cl)cc3Cl)cc2)cc1OC. The number of nitrogens with zero attached hydrogens (tertiary/aromatic N) is 1. The number of hydrogen-bond donors (Lipinski definition) is 1. The molecule has 0 bridgehead atoms.